The Kier molecular flexibility index (Phi) is 8.86. The molecule has 1 atom stereocenters. The van der Waals surface area contributed by atoms with Crippen LogP contribution in [0.25, 0.3) is 0 Å². The lowest BCUT2D eigenvalue weighted by Crippen LogP contribution is -2.61. The molecular formula is C17H40N2OSi2. The lowest BCUT2D eigenvalue weighted by Gasteiger charge is -2.48. The van der Waals surface area contributed by atoms with Gasteiger partial charge >= 0.3 is 0 Å². The maximum absolute atomic E-state index is 5.77. The normalized spacial score (nSPS) is 22.5. The minimum atomic E-state index is -0.630. The Morgan fingerprint density at radius 2 is 1.86 bits per heavy atom. The highest BCUT2D eigenvalue weighted by molar-refractivity contribution is 6.57. The molecule has 1 fully saturated rings. The summed E-state index contributed by atoms with van der Waals surface area (Å²) in [7, 11) is -0.889. The Balaban J connectivity index is 2.33. The largest absolute Gasteiger partial charge is 0.422 e. The van der Waals surface area contributed by atoms with Gasteiger partial charge < -0.3 is 9.33 Å². The fourth-order valence-corrected chi connectivity index (χ4v) is 6.29. The zero-order chi connectivity index (χ0) is 16.8. The first kappa shape index (κ1) is 20.4. The van der Waals surface area contributed by atoms with Crippen molar-refractivity contribution in [2.75, 3.05) is 26.2 Å². The van der Waals surface area contributed by atoms with Crippen molar-refractivity contribution in [3.8, 4) is 0 Å². The summed E-state index contributed by atoms with van der Waals surface area (Å²) in [5.74, 6) is 0. The third-order valence-electron chi connectivity index (χ3n) is 4.79. The zero-order valence-electron chi connectivity index (χ0n) is 16.2. The van der Waals surface area contributed by atoms with E-state index in [9.17, 15) is 0 Å². The first-order chi connectivity index (χ1) is 10.2. The molecule has 22 heavy (non-hydrogen) atoms. The number of hydrogen-bond acceptors (Lipinski definition) is 3. The van der Waals surface area contributed by atoms with Crippen LogP contribution in [-0.2, 0) is 4.43 Å². The second-order valence-corrected chi connectivity index (χ2v) is 13.2. The van der Waals surface area contributed by atoms with Crippen molar-refractivity contribution >= 4 is 18.6 Å². The summed E-state index contributed by atoms with van der Waals surface area (Å²) in [6.45, 7) is 21.5. The van der Waals surface area contributed by atoms with Crippen LogP contribution in [0.15, 0.2) is 0 Å². The first-order valence-electron chi connectivity index (χ1n) is 9.32. The molecule has 5 heteroatoms. The maximum Gasteiger partial charge on any atom is 0.161 e. The van der Waals surface area contributed by atoms with Crippen molar-refractivity contribution in [2.24, 2.45) is 0 Å². The molecule has 1 rings (SSSR count). The van der Waals surface area contributed by atoms with Gasteiger partial charge in [0.05, 0.1) is 8.80 Å². The highest BCUT2D eigenvalue weighted by Crippen LogP contribution is 2.21. The van der Waals surface area contributed by atoms with E-state index >= 15 is 0 Å². The fraction of sp³-hybridized carbons (Fsp3) is 1.00. The molecule has 3 nitrogen and oxygen atoms in total. The summed E-state index contributed by atoms with van der Waals surface area (Å²) in [6.07, 6.45) is 3.17. The lowest BCUT2D eigenvalue weighted by molar-refractivity contribution is 0.0459. The van der Waals surface area contributed by atoms with Crippen LogP contribution >= 0.6 is 0 Å². The molecule has 1 heterocycles. The molecule has 1 aliphatic rings. The van der Waals surface area contributed by atoms with E-state index in [-0.39, 0.29) is 9.76 Å². The van der Waals surface area contributed by atoms with Gasteiger partial charge in [0.25, 0.3) is 0 Å². The predicted octanol–water partition coefficient (Wildman–Crippen LogP) is 2.50. The van der Waals surface area contributed by atoms with Crippen LogP contribution in [0.4, 0.5) is 0 Å². The monoisotopic (exact) mass is 344 g/mol. The molecule has 0 aromatic rings. The Morgan fingerprint density at radius 3 is 2.41 bits per heavy atom. The highest BCUT2D eigenvalue weighted by atomic mass is 28.3. The van der Waals surface area contributed by atoms with E-state index < -0.39 is 8.80 Å². The van der Waals surface area contributed by atoms with Crippen LogP contribution < -0.4 is 0 Å². The van der Waals surface area contributed by atoms with Crippen molar-refractivity contribution in [1.29, 1.82) is 0 Å². The Labute approximate surface area is 143 Å². The van der Waals surface area contributed by atoms with Crippen molar-refractivity contribution in [3.63, 3.8) is 0 Å². The summed E-state index contributed by atoms with van der Waals surface area (Å²) in [6, 6.07) is 1.35. The summed E-state index contributed by atoms with van der Waals surface area (Å²) in [5.41, 5.74) is 1.19. The van der Waals surface area contributed by atoms with E-state index in [1.165, 1.54) is 45.1 Å². The Morgan fingerprint density at radius 1 is 1.18 bits per heavy atom. The van der Waals surface area contributed by atoms with Gasteiger partial charge in [0.15, 0.2) is 9.76 Å². The van der Waals surface area contributed by atoms with E-state index in [0.29, 0.717) is 11.6 Å². The van der Waals surface area contributed by atoms with Crippen LogP contribution in [0, 0.1) is 0 Å². The van der Waals surface area contributed by atoms with Crippen LogP contribution in [-0.4, -0.2) is 71.8 Å². The van der Waals surface area contributed by atoms with Gasteiger partial charge in [0.2, 0.25) is 0 Å². The second kappa shape index (κ2) is 9.57. The van der Waals surface area contributed by atoms with Gasteiger partial charge in [-0.15, -0.1) is 0 Å². The molecule has 0 aliphatic carbocycles. The smallest absolute Gasteiger partial charge is 0.161 e. The quantitative estimate of drug-likeness (QED) is 0.497. The predicted molar refractivity (Wildman–Crippen MR) is 104 cm³/mol. The third kappa shape index (κ3) is 7.26. The van der Waals surface area contributed by atoms with E-state index in [0.717, 1.165) is 5.67 Å². The molecule has 0 spiro atoms. The number of nitrogens with zero attached hydrogens (tertiary/aromatic N) is 2. The number of piperazine rings is 1. The summed E-state index contributed by atoms with van der Waals surface area (Å²) >= 11 is 0. The molecule has 132 valence electrons. The van der Waals surface area contributed by atoms with Gasteiger partial charge in [0, 0.05) is 36.9 Å². The Hall–Kier alpha value is 0.314. The topological polar surface area (TPSA) is 15.7 Å². The van der Waals surface area contributed by atoms with Gasteiger partial charge in [-0.25, -0.2) is 0 Å². The van der Waals surface area contributed by atoms with Gasteiger partial charge in [0.1, 0.15) is 0 Å². The molecule has 1 aliphatic heterocycles. The molecule has 0 aromatic carbocycles. The molecule has 0 N–H and O–H groups in total. The van der Waals surface area contributed by atoms with E-state index in [2.05, 4.69) is 57.5 Å². The SMILES string of the molecule is CC(C)O[SiH2]CCCCN1CCN(C(C)(C)C)CC1[SiH](C)C. The third-order valence-corrected chi connectivity index (χ3v) is 8.66. The summed E-state index contributed by atoms with van der Waals surface area (Å²) in [4.78, 5) is 5.51. The van der Waals surface area contributed by atoms with Gasteiger partial charge in [-0.3, -0.25) is 4.90 Å². The zero-order valence-corrected chi connectivity index (χ0v) is 18.8. The van der Waals surface area contributed by atoms with Crippen molar-refractivity contribution in [2.45, 2.75) is 83.9 Å². The molecule has 0 aromatic heterocycles. The van der Waals surface area contributed by atoms with Gasteiger partial charge in [-0.05, 0) is 53.6 Å². The van der Waals surface area contributed by atoms with E-state index in [1.807, 2.05) is 0 Å². The number of hydrogen-bond donors (Lipinski definition) is 0. The Bertz CT molecular complexity index is 306. The fourth-order valence-electron chi connectivity index (χ4n) is 3.28. The second-order valence-electron chi connectivity index (χ2n) is 8.44. The molecule has 1 unspecified atom stereocenters. The molecule has 0 radical (unpaired) electrons. The molecule has 0 bridgehead atoms. The standard InChI is InChI=1S/C17H40N2OSi2/c1-15(2)20-21-13-9-8-10-18-11-12-19(17(3,4)5)14-16(18)22(6)7/h15-16,22H,8-14,21H2,1-7H3. The van der Waals surface area contributed by atoms with E-state index in [4.69, 9.17) is 4.43 Å². The lowest BCUT2D eigenvalue weighted by atomic mass is 10.0. The van der Waals surface area contributed by atoms with Gasteiger partial charge in [-0.1, -0.05) is 19.5 Å². The van der Waals surface area contributed by atoms with Gasteiger partial charge in [-0.2, -0.15) is 0 Å². The number of unbranched alkanes of at least 4 members (excludes halogenated alkanes) is 1. The highest BCUT2D eigenvalue weighted by Gasteiger charge is 2.33. The minimum Gasteiger partial charge on any atom is -0.422 e. The van der Waals surface area contributed by atoms with Crippen molar-refractivity contribution in [1.82, 2.24) is 9.80 Å². The van der Waals surface area contributed by atoms with E-state index in [1.54, 1.807) is 0 Å². The maximum atomic E-state index is 5.77. The molecule has 0 saturated carbocycles. The average Bonchev–Trinajstić information content (AvgIpc) is 2.41. The summed E-state index contributed by atoms with van der Waals surface area (Å²) in [5, 5.41) is 0. The average molecular weight is 345 g/mol. The van der Waals surface area contributed by atoms with Crippen LogP contribution in [0.2, 0.25) is 19.1 Å². The minimum absolute atomic E-state index is 0.259. The van der Waals surface area contributed by atoms with Crippen LogP contribution in [0.3, 0.4) is 0 Å². The molecule has 0 amide bonds. The van der Waals surface area contributed by atoms with Crippen LogP contribution in [0.1, 0.15) is 47.5 Å². The van der Waals surface area contributed by atoms with Crippen LogP contribution in [0.5, 0.6) is 0 Å². The van der Waals surface area contributed by atoms with Crippen molar-refractivity contribution in [3.05, 3.63) is 0 Å². The molecular weight excluding hydrogens is 304 g/mol. The summed E-state index contributed by atoms with van der Waals surface area (Å²) < 4.78 is 5.77. The first-order valence-corrected chi connectivity index (χ1v) is 13.9. The van der Waals surface area contributed by atoms with Crippen molar-refractivity contribution < 1.29 is 4.43 Å². The molecule has 1 saturated heterocycles. The number of rotatable bonds is 8.